The zero-order valence-corrected chi connectivity index (χ0v) is 19.8. The third kappa shape index (κ3) is 4.67. The Labute approximate surface area is 198 Å². The number of pyridine rings is 1. The van der Waals surface area contributed by atoms with Gasteiger partial charge in [-0.2, -0.15) is 0 Å². The van der Waals surface area contributed by atoms with Crippen LogP contribution < -0.4 is 5.32 Å². The molecule has 1 atom stereocenters. The first-order chi connectivity index (χ1) is 16.2. The zero-order chi connectivity index (χ0) is 24.5. The minimum absolute atomic E-state index is 0.104. The molecule has 4 rings (SSSR count). The van der Waals surface area contributed by atoms with Crippen molar-refractivity contribution < 1.29 is 28.6 Å². The molecule has 2 aliphatic rings. The number of hydrogen-bond acceptors (Lipinski definition) is 7. The Morgan fingerprint density at radius 3 is 2.59 bits per heavy atom. The van der Waals surface area contributed by atoms with Crippen molar-refractivity contribution in [2.75, 3.05) is 33.4 Å². The number of aryl methyl sites for hydroxylation is 2. The van der Waals surface area contributed by atoms with E-state index in [1.54, 1.807) is 6.07 Å². The Morgan fingerprint density at radius 2 is 1.91 bits per heavy atom. The van der Waals surface area contributed by atoms with Crippen LogP contribution in [0.2, 0.25) is 0 Å². The number of carbonyl (C=O) groups is 3. The van der Waals surface area contributed by atoms with Gasteiger partial charge >= 0.3 is 5.97 Å². The van der Waals surface area contributed by atoms with E-state index in [4.69, 9.17) is 14.2 Å². The van der Waals surface area contributed by atoms with Gasteiger partial charge in [0.25, 0.3) is 5.91 Å². The first kappa shape index (κ1) is 23.8. The molecule has 0 saturated carbocycles. The van der Waals surface area contributed by atoms with E-state index in [1.807, 2.05) is 45.0 Å². The fraction of sp³-hybridized carbons (Fsp3) is 0.440. The largest absolute Gasteiger partial charge is 0.467 e. The molecule has 1 N–H and O–H groups in total. The molecule has 2 aromatic rings. The average Bonchev–Trinajstić information content (AvgIpc) is 3.44. The Bertz CT molecular complexity index is 1130. The third-order valence-corrected chi connectivity index (χ3v) is 6.24. The summed E-state index contributed by atoms with van der Waals surface area (Å²) in [5.74, 6) is -2.34. The number of hydrogen-bond donors (Lipinski definition) is 1. The van der Waals surface area contributed by atoms with Gasteiger partial charge in [-0.1, -0.05) is 23.8 Å². The van der Waals surface area contributed by atoms with Crippen molar-refractivity contribution in [3.05, 3.63) is 52.7 Å². The first-order valence-corrected chi connectivity index (χ1v) is 11.2. The van der Waals surface area contributed by atoms with Gasteiger partial charge in [-0.05, 0) is 38.5 Å². The lowest BCUT2D eigenvalue weighted by Gasteiger charge is -2.23. The van der Waals surface area contributed by atoms with Crippen molar-refractivity contribution in [3.63, 3.8) is 0 Å². The molecule has 0 bridgehead atoms. The number of likely N-dealkylation sites (tertiary alicyclic amines) is 1. The highest BCUT2D eigenvalue weighted by atomic mass is 16.7. The molecular formula is C25H29N3O6. The summed E-state index contributed by atoms with van der Waals surface area (Å²) < 4.78 is 16.2. The van der Waals surface area contributed by atoms with Crippen LogP contribution in [0.1, 0.15) is 33.6 Å². The summed E-state index contributed by atoms with van der Waals surface area (Å²) in [4.78, 5) is 44.3. The van der Waals surface area contributed by atoms with Crippen LogP contribution in [0.3, 0.4) is 0 Å². The van der Waals surface area contributed by atoms with Crippen LogP contribution in [0.5, 0.6) is 0 Å². The number of esters is 1. The molecule has 2 fully saturated rings. The van der Waals surface area contributed by atoms with E-state index in [-0.39, 0.29) is 25.4 Å². The number of methoxy groups -OCH3 is 1. The number of rotatable bonds is 5. The van der Waals surface area contributed by atoms with Crippen LogP contribution in [0.15, 0.2) is 30.3 Å². The summed E-state index contributed by atoms with van der Waals surface area (Å²) in [6.45, 7) is 6.29. The second-order valence-electron chi connectivity index (χ2n) is 8.71. The van der Waals surface area contributed by atoms with Crippen LogP contribution in [0, 0.1) is 20.8 Å². The molecule has 0 unspecified atom stereocenters. The number of carbonyl (C=O) groups excluding carboxylic acids is 3. The summed E-state index contributed by atoms with van der Waals surface area (Å²) in [7, 11) is 1.27. The second kappa shape index (κ2) is 9.52. The number of ether oxygens (including phenoxy) is 3. The van der Waals surface area contributed by atoms with Crippen molar-refractivity contribution in [2.45, 2.75) is 39.0 Å². The monoisotopic (exact) mass is 467 g/mol. The van der Waals surface area contributed by atoms with Crippen molar-refractivity contribution >= 4 is 17.8 Å². The smallest absolute Gasteiger partial charge is 0.328 e. The van der Waals surface area contributed by atoms with Gasteiger partial charge in [0.2, 0.25) is 5.91 Å². The van der Waals surface area contributed by atoms with Gasteiger partial charge < -0.3 is 24.4 Å². The second-order valence-corrected chi connectivity index (χ2v) is 8.71. The fourth-order valence-corrected chi connectivity index (χ4v) is 4.55. The standard InChI is InChI=1S/C25H29N3O6/c1-15-6-5-7-18(10-15)22-17(3)19(11-16(2)27-22)23(30)26-13-21(29)28-14-25(33-8-9-34-25)12-20(28)24(31)32-4/h5-7,10-11,20H,8-9,12-14H2,1-4H3,(H,26,30)/t20-/m0/s1. The maximum Gasteiger partial charge on any atom is 0.328 e. The summed E-state index contributed by atoms with van der Waals surface area (Å²) in [5.41, 5.74) is 4.61. The van der Waals surface area contributed by atoms with Gasteiger partial charge in [0.1, 0.15) is 6.04 Å². The highest BCUT2D eigenvalue weighted by Crippen LogP contribution is 2.35. The lowest BCUT2D eigenvalue weighted by Crippen LogP contribution is -2.46. The molecule has 1 aromatic heterocycles. The van der Waals surface area contributed by atoms with Crippen molar-refractivity contribution in [1.82, 2.24) is 15.2 Å². The zero-order valence-electron chi connectivity index (χ0n) is 19.8. The van der Waals surface area contributed by atoms with Gasteiger partial charge in [-0.3, -0.25) is 14.6 Å². The molecule has 34 heavy (non-hydrogen) atoms. The summed E-state index contributed by atoms with van der Waals surface area (Å²) in [6.07, 6.45) is 0.196. The Kier molecular flexibility index (Phi) is 6.67. The van der Waals surface area contributed by atoms with E-state index in [2.05, 4.69) is 10.3 Å². The molecule has 180 valence electrons. The predicted molar refractivity (Wildman–Crippen MR) is 123 cm³/mol. The van der Waals surface area contributed by atoms with Gasteiger partial charge in [0, 0.05) is 23.2 Å². The first-order valence-electron chi connectivity index (χ1n) is 11.2. The molecule has 2 amide bonds. The molecule has 3 heterocycles. The molecular weight excluding hydrogens is 438 g/mol. The quantitative estimate of drug-likeness (QED) is 0.670. The predicted octanol–water partition coefficient (Wildman–Crippen LogP) is 1.92. The molecule has 2 aliphatic heterocycles. The fourth-order valence-electron chi connectivity index (χ4n) is 4.55. The normalized spacial score (nSPS) is 18.8. The van der Waals surface area contributed by atoms with Gasteiger partial charge in [0.05, 0.1) is 39.1 Å². The van der Waals surface area contributed by atoms with Crippen LogP contribution in [0.25, 0.3) is 11.3 Å². The van der Waals surface area contributed by atoms with Crippen LogP contribution in [-0.4, -0.2) is 72.9 Å². The number of amides is 2. The van der Waals surface area contributed by atoms with Crippen molar-refractivity contribution in [3.8, 4) is 11.3 Å². The van der Waals surface area contributed by atoms with E-state index in [1.165, 1.54) is 12.0 Å². The van der Waals surface area contributed by atoms with Gasteiger partial charge in [-0.15, -0.1) is 0 Å². The molecule has 1 aromatic carbocycles. The minimum atomic E-state index is -1.000. The van der Waals surface area contributed by atoms with Crippen molar-refractivity contribution in [1.29, 1.82) is 0 Å². The van der Waals surface area contributed by atoms with E-state index in [0.29, 0.717) is 24.5 Å². The summed E-state index contributed by atoms with van der Waals surface area (Å²) in [5, 5.41) is 2.70. The van der Waals surface area contributed by atoms with Crippen LogP contribution in [-0.2, 0) is 23.8 Å². The van der Waals surface area contributed by atoms with Crippen LogP contribution >= 0.6 is 0 Å². The molecule has 0 radical (unpaired) electrons. The van der Waals surface area contributed by atoms with Gasteiger partial charge in [-0.25, -0.2) is 4.79 Å². The van der Waals surface area contributed by atoms with Crippen LogP contribution in [0.4, 0.5) is 0 Å². The highest BCUT2D eigenvalue weighted by molar-refractivity contribution is 5.99. The third-order valence-electron chi connectivity index (χ3n) is 6.24. The number of nitrogens with zero attached hydrogens (tertiary/aromatic N) is 2. The minimum Gasteiger partial charge on any atom is -0.467 e. The Hall–Kier alpha value is -3.30. The summed E-state index contributed by atoms with van der Waals surface area (Å²) in [6, 6.07) is 8.80. The molecule has 9 heteroatoms. The average molecular weight is 468 g/mol. The SMILES string of the molecule is COC(=O)[C@@H]1CC2(CN1C(=O)CNC(=O)c1cc(C)nc(-c3cccc(C)c3)c1C)OCCO2. The van der Waals surface area contributed by atoms with E-state index in [9.17, 15) is 14.4 Å². The van der Waals surface area contributed by atoms with Gasteiger partial charge in [0.15, 0.2) is 5.79 Å². The summed E-state index contributed by atoms with van der Waals surface area (Å²) >= 11 is 0. The Balaban J connectivity index is 1.50. The number of nitrogens with one attached hydrogen (secondary N) is 1. The topological polar surface area (TPSA) is 107 Å². The molecule has 0 aliphatic carbocycles. The molecule has 1 spiro atoms. The molecule has 9 nitrogen and oxygen atoms in total. The maximum atomic E-state index is 13.1. The molecule has 2 saturated heterocycles. The van der Waals surface area contributed by atoms with E-state index < -0.39 is 23.7 Å². The Morgan fingerprint density at radius 1 is 1.18 bits per heavy atom. The number of benzene rings is 1. The van der Waals surface area contributed by atoms with E-state index >= 15 is 0 Å². The highest BCUT2D eigenvalue weighted by Gasteiger charge is 2.52. The lowest BCUT2D eigenvalue weighted by atomic mass is 9.99. The van der Waals surface area contributed by atoms with Crippen molar-refractivity contribution in [2.24, 2.45) is 0 Å². The van der Waals surface area contributed by atoms with E-state index in [0.717, 1.165) is 22.4 Å². The lowest BCUT2D eigenvalue weighted by molar-refractivity contribution is -0.152. The maximum absolute atomic E-state index is 13.1. The number of aromatic nitrogens is 1.